The van der Waals surface area contributed by atoms with E-state index in [1.54, 1.807) is 24.3 Å². The molecule has 0 amide bonds. The highest BCUT2D eigenvalue weighted by Gasteiger charge is 2.21. The van der Waals surface area contributed by atoms with Gasteiger partial charge in [-0.1, -0.05) is 26.3 Å². The zero-order valence-corrected chi connectivity index (χ0v) is 11.5. The number of hydrogen-bond acceptors (Lipinski definition) is 4. The fourth-order valence-electron chi connectivity index (χ4n) is 2.01. The minimum Gasteiger partial charge on any atom is -0.321 e. The molecule has 2 rings (SSSR count). The van der Waals surface area contributed by atoms with E-state index in [4.69, 9.17) is 11.0 Å². The molecular formula is C14H17N5O. The van der Waals surface area contributed by atoms with E-state index >= 15 is 0 Å². The molecule has 0 fully saturated rings. The lowest BCUT2D eigenvalue weighted by molar-refractivity contribution is 0.433. The summed E-state index contributed by atoms with van der Waals surface area (Å²) in [5.41, 5.74) is 6.89. The van der Waals surface area contributed by atoms with Crippen molar-refractivity contribution in [3.8, 4) is 11.8 Å². The van der Waals surface area contributed by atoms with Crippen LogP contribution in [0.5, 0.6) is 0 Å². The number of nitrogens with two attached hydrogens (primary N) is 1. The van der Waals surface area contributed by atoms with Crippen LogP contribution >= 0.6 is 0 Å². The van der Waals surface area contributed by atoms with Gasteiger partial charge in [0, 0.05) is 0 Å². The summed E-state index contributed by atoms with van der Waals surface area (Å²) in [7, 11) is 0. The summed E-state index contributed by atoms with van der Waals surface area (Å²) in [6.45, 7) is 4.05. The molecule has 3 N–H and O–H groups in total. The second-order valence-electron chi connectivity index (χ2n) is 4.80. The molecule has 0 saturated heterocycles. The van der Waals surface area contributed by atoms with E-state index < -0.39 is 0 Å². The van der Waals surface area contributed by atoms with Crippen LogP contribution in [0.2, 0.25) is 0 Å². The fraction of sp³-hybridized carbons (Fsp3) is 0.357. The smallest absolute Gasteiger partial charge is 0.321 e. The maximum atomic E-state index is 12.0. The van der Waals surface area contributed by atoms with Crippen LogP contribution in [0, 0.1) is 17.2 Å². The highest BCUT2D eigenvalue weighted by atomic mass is 16.1. The molecule has 0 bridgehead atoms. The molecule has 2 aromatic rings. The minimum absolute atomic E-state index is 0.197. The molecule has 0 unspecified atom stereocenters. The van der Waals surface area contributed by atoms with E-state index in [9.17, 15) is 4.79 Å². The van der Waals surface area contributed by atoms with Crippen LogP contribution in [0.25, 0.3) is 5.69 Å². The molecule has 1 aromatic carbocycles. The van der Waals surface area contributed by atoms with Crippen LogP contribution in [-0.2, 0) is 0 Å². The van der Waals surface area contributed by atoms with E-state index in [-0.39, 0.29) is 17.6 Å². The molecule has 2 atom stereocenters. The normalized spacial score (nSPS) is 13.7. The van der Waals surface area contributed by atoms with Crippen molar-refractivity contribution in [1.29, 1.82) is 5.26 Å². The Morgan fingerprint density at radius 2 is 2.30 bits per heavy atom. The Hall–Kier alpha value is -2.39. The largest absolute Gasteiger partial charge is 0.347 e. The zero-order chi connectivity index (χ0) is 14.7. The average molecular weight is 271 g/mol. The topological polar surface area (TPSA) is 100 Å². The number of nitriles is 1. The highest BCUT2D eigenvalue weighted by Crippen LogP contribution is 2.21. The second kappa shape index (κ2) is 5.72. The van der Waals surface area contributed by atoms with Crippen LogP contribution in [0.15, 0.2) is 29.1 Å². The molecule has 6 heteroatoms. The first kappa shape index (κ1) is 14.0. The predicted octanol–water partition coefficient (Wildman–Crippen LogP) is 1.48. The van der Waals surface area contributed by atoms with Crippen LogP contribution in [-0.4, -0.2) is 14.8 Å². The predicted molar refractivity (Wildman–Crippen MR) is 75.3 cm³/mol. The van der Waals surface area contributed by atoms with Gasteiger partial charge in [-0.3, -0.25) is 0 Å². The quantitative estimate of drug-likeness (QED) is 0.879. The molecule has 20 heavy (non-hydrogen) atoms. The first-order valence-corrected chi connectivity index (χ1v) is 6.52. The van der Waals surface area contributed by atoms with Gasteiger partial charge in [0.2, 0.25) is 0 Å². The minimum atomic E-state index is -0.353. The average Bonchev–Trinajstić information content (AvgIpc) is 2.87. The maximum Gasteiger partial charge on any atom is 0.347 e. The number of hydrogen-bond donors (Lipinski definition) is 2. The Bertz CT molecular complexity index is 694. The number of nitrogens with one attached hydrogen (secondary N) is 1. The lowest BCUT2D eigenvalue weighted by atomic mass is 9.99. The zero-order valence-electron chi connectivity index (χ0n) is 11.5. The molecule has 6 nitrogen and oxygen atoms in total. The summed E-state index contributed by atoms with van der Waals surface area (Å²) < 4.78 is 1.43. The third-order valence-corrected chi connectivity index (χ3v) is 3.49. The van der Waals surface area contributed by atoms with Crippen molar-refractivity contribution in [2.75, 3.05) is 0 Å². The Labute approximate surface area is 116 Å². The highest BCUT2D eigenvalue weighted by molar-refractivity contribution is 5.41. The molecular weight excluding hydrogens is 254 g/mol. The van der Waals surface area contributed by atoms with Crippen LogP contribution in [0.3, 0.4) is 0 Å². The van der Waals surface area contributed by atoms with E-state index in [2.05, 4.69) is 16.3 Å². The number of aromatic nitrogens is 3. The maximum absolute atomic E-state index is 12.0. The van der Waals surface area contributed by atoms with E-state index in [1.165, 1.54) is 4.57 Å². The van der Waals surface area contributed by atoms with Gasteiger partial charge >= 0.3 is 5.69 Å². The van der Waals surface area contributed by atoms with E-state index in [1.807, 2.05) is 13.8 Å². The van der Waals surface area contributed by atoms with Gasteiger partial charge in [-0.05, 0) is 24.1 Å². The molecule has 1 aromatic heterocycles. The monoisotopic (exact) mass is 271 g/mol. The molecule has 0 radical (unpaired) electrons. The SMILES string of the molecule is CC[C@H](C)[C@H](N)c1n[nH]c(=O)n1-c1cccc(C#N)c1. The lowest BCUT2D eigenvalue weighted by Gasteiger charge is -2.18. The summed E-state index contributed by atoms with van der Waals surface area (Å²) in [6, 6.07) is 8.52. The van der Waals surface area contributed by atoms with Crippen molar-refractivity contribution in [2.24, 2.45) is 11.7 Å². The van der Waals surface area contributed by atoms with Gasteiger partial charge in [-0.2, -0.15) is 10.4 Å². The molecule has 104 valence electrons. The molecule has 0 aliphatic rings. The van der Waals surface area contributed by atoms with Gasteiger partial charge in [-0.15, -0.1) is 0 Å². The Morgan fingerprint density at radius 1 is 1.55 bits per heavy atom. The van der Waals surface area contributed by atoms with Gasteiger partial charge in [0.15, 0.2) is 5.82 Å². The van der Waals surface area contributed by atoms with Crippen molar-refractivity contribution >= 4 is 0 Å². The third-order valence-electron chi connectivity index (χ3n) is 3.49. The summed E-state index contributed by atoms with van der Waals surface area (Å²) in [6.07, 6.45) is 0.889. The Morgan fingerprint density at radius 3 is 2.95 bits per heavy atom. The van der Waals surface area contributed by atoms with Crippen molar-refractivity contribution in [1.82, 2.24) is 14.8 Å². The van der Waals surface area contributed by atoms with Gasteiger partial charge in [0.1, 0.15) is 0 Å². The molecule has 0 spiro atoms. The molecule has 0 saturated carbocycles. The van der Waals surface area contributed by atoms with E-state index in [0.717, 1.165) is 6.42 Å². The number of aromatic amines is 1. The van der Waals surface area contributed by atoms with Crippen LogP contribution < -0.4 is 11.4 Å². The number of nitrogens with zero attached hydrogens (tertiary/aromatic N) is 3. The molecule has 0 aliphatic heterocycles. The standard InChI is InChI=1S/C14H17N5O/c1-3-9(2)12(16)13-17-18-14(20)19(13)11-6-4-5-10(7-11)8-15/h4-7,9,12H,3,16H2,1-2H3,(H,18,20)/t9-,12-/m0/s1. The summed E-state index contributed by atoms with van der Waals surface area (Å²) in [5.74, 6) is 0.683. The summed E-state index contributed by atoms with van der Waals surface area (Å²) in [5, 5.41) is 15.4. The molecule has 0 aliphatic carbocycles. The van der Waals surface area contributed by atoms with Crippen molar-refractivity contribution in [2.45, 2.75) is 26.3 Å². The summed E-state index contributed by atoms with van der Waals surface area (Å²) >= 11 is 0. The van der Waals surface area contributed by atoms with Crippen LogP contribution in [0.1, 0.15) is 37.7 Å². The van der Waals surface area contributed by atoms with Crippen molar-refractivity contribution in [3.63, 3.8) is 0 Å². The van der Waals surface area contributed by atoms with Crippen LogP contribution in [0.4, 0.5) is 0 Å². The lowest BCUT2D eigenvalue weighted by Crippen LogP contribution is -2.25. The van der Waals surface area contributed by atoms with Crippen molar-refractivity contribution < 1.29 is 0 Å². The first-order chi connectivity index (χ1) is 9.58. The van der Waals surface area contributed by atoms with Gasteiger partial charge in [0.25, 0.3) is 0 Å². The molecule has 1 heterocycles. The Kier molecular flexibility index (Phi) is 4.01. The number of H-pyrrole nitrogens is 1. The first-order valence-electron chi connectivity index (χ1n) is 6.52. The number of rotatable bonds is 4. The summed E-state index contributed by atoms with van der Waals surface area (Å²) in [4.78, 5) is 12.0. The second-order valence-corrected chi connectivity index (χ2v) is 4.80. The van der Waals surface area contributed by atoms with Gasteiger partial charge in [-0.25, -0.2) is 14.5 Å². The van der Waals surface area contributed by atoms with Crippen molar-refractivity contribution in [3.05, 3.63) is 46.1 Å². The fourth-order valence-corrected chi connectivity index (χ4v) is 2.01. The Balaban J connectivity index is 2.54. The van der Waals surface area contributed by atoms with E-state index in [0.29, 0.717) is 17.1 Å². The van der Waals surface area contributed by atoms with Gasteiger partial charge < -0.3 is 5.73 Å². The third kappa shape index (κ3) is 2.49. The van der Waals surface area contributed by atoms with Gasteiger partial charge in [0.05, 0.1) is 23.4 Å². The number of benzene rings is 1.